The maximum atomic E-state index is 12.0. The fourth-order valence-corrected chi connectivity index (χ4v) is 2.68. The van der Waals surface area contributed by atoms with Crippen LogP contribution in [0.25, 0.3) is 0 Å². The summed E-state index contributed by atoms with van der Waals surface area (Å²) in [7, 11) is 1.93. The lowest BCUT2D eigenvalue weighted by molar-refractivity contribution is -0.122. The van der Waals surface area contributed by atoms with E-state index in [1.807, 2.05) is 67.4 Å². The Labute approximate surface area is 163 Å². The smallest absolute Gasteiger partial charge is 0.234 e. The zero-order valence-corrected chi connectivity index (χ0v) is 16.8. The number of ether oxygens (including phenoxy) is 2. The van der Waals surface area contributed by atoms with Crippen LogP contribution in [0.5, 0.6) is 11.5 Å². The summed E-state index contributed by atoms with van der Waals surface area (Å²) in [4.78, 5) is 14.0. The molecule has 0 saturated carbocycles. The molecule has 0 unspecified atom stereocenters. The third-order valence-electron chi connectivity index (χ3n) is 3.61. The number of carbonyl (C=O) groups is 1. The highest BCUT2D eigenvalue weighted by Gasteiger charge is 2.07. The van der Waals surface area contributed by atoms with Crippen molar-refractivity contribution in [3.8, 4) is 11.5 Å². The predicted octanol–water partition coefficient (Wildman–Crippen LogP) is 3.47. The van der Waals surface area contributed by atoms with Crippen molar-refractivity contribution < 1.29 is 14.3 Å². The maximum Gasteiger partial charge on any atom is 0.234 e. The molecule has 0 heterocycles. The molecule has 0 aromatic heterocycles. The van der Waals surface area contributed by atoms with Gasteiger partial charge in [-0.25, -0.2) is 0 Å². The average Bonchev–Trinajstić information content (AvgIpc) is 2.62. The Kier molecular flexibility index (Phi) is 8.44. The van der Waals surface area contributed by atoms with E-state index in [2.05, 4.69) is 21.2 Å². The normalized spacial score (nSPS) is 10.6. The average molecular weight is 421 g/mol. The van der Waals surface area contributed by atoms with Gasteiger partial charge in [-0.15, -0.1) is 0 Å². The SMILES string of the molecule is CCOc1ccc(OCCNC(=O)CN(C)Cc2ccc(Br)cc2)cc1. The number of halogens is 1. The molecule has 0 fully saturated rings. The first-order valence-electron chi connectivity index (χ1n) is 8.62. The zero-order chi connectivity index (χ0) is 18.8. The maximum absolute atomic E-state index is 12.0. The van der Waals surface area contributed by atoms with Crippen LogP contribution in [-0.2, 0) is 11.3 Å². The summed E-state index contributed by atoms with van der Waals surface area (Å²) in [5.41, 5.74) is 1.17. The Bertz CT molecular complexity index is 674. The van der Waals surface area contributed by atoms with Gasteiger partial charge >= 0.3 is 0 Å². The summed E-state index contributed by atoms with van der Waals surface area (Å²) in [5.74, 6) is 1.57. The monoisotopic (exact) mass is 420 g/mol. The molecular weight excluding hydrogens is 396 g/mol. The molecule has 0 saturated heterocycles. The van der Waals surface area contributed by atoms with Crippen molar-refractivity contribution in [1.29, 1.82) is 0 Å². The Morgan fingerprint density at radius 3 is 2.27 bits per heavy atom. The Hall–Kier alpha value is -2.05. The van der Waals surface area contributed by atoms with Crippen LogP contribution < -0.4 is 14.8 Å². The van der Waals surface area contributed by atoms with E-state index < -0.39 is 0 Å². The number of carbonyl (C=O) groups excluding carboxylic acids is 1. The summed E-state index contributed by atoms with van der Waals surface area (Å²) in [6.07, 6.45) is 0. The van der Waals surface area contributed by atoms with Crippen LogP contribution in [0, 0.1) is 0 Å². The number of amides is 1. The second kappa shape index (κ2) is 10.8. The number of likely N-dealkylation sites (N-methyl/N-ethyl adjacent to an activating group) is 1. The molecule has 1 amide bonds. The Morgan fingerprint density at radius 2 is 1.65 bits per heavy atom. The molecule has 0 aliphatic carbocycles. The van der Waals surface area contributed by atoms with Gasteiger partial charge in [0.05, 0.1) is 19.7 Å². The van der Waals surface area contributed by atoms with Gasteiger partial charge in [-0.2, -0.15) is 0 Å². The molecule has 140 valence electrons. The molecule has 1 N–H and O–H groups in total. The van der Waals surface area contributed by atoms with Gasteiger partial charge in [-0.3, -0.25) is 9.69 Å². The second-order valence-electron chi connectivity index (χ2n) is 5.90. The van der Waals surface area contributed by atoms with Crippen LogP contribution in [-0.4, -0.2) is 44.2 Å². The van der Waals surface area contributed by atoms with Gasteiger partial charge in [-0.05, 0) is 55.9 Å². The van der Waals surface area contributed by atoms with Crippen molar-refractivity contribution in [2.24, 2.45) is 0 Å². The van der Waals surface area contributed by atoms with E-state index in [1.54, 1.807) is 0 Å². The molecule has 2 aromatic carbocycles. The Balaban J connectivity index is 1.62. The lowest BCUT2D eigenvalue weighted by atomic mass is 10.2. The number of hydrogen-bond donors (Lipinski definition) is 1. The minimum Gasteiger partial charge on any atom is -0.494 e. The zero-order valence-electron chi connectivity index (χ0n) is 15.2. The van der Waals surface area contributed by atoms with Gasteiger partial charge in [-0.1, -0.05) is 28.1 Å². The largest absolute Gasteiger partial charge is 0.494 e. The van der Waals surface area contributed by atoms with Crippen LogP contribution in [0.3, 0.4) is 0 Å². The van der Waals surface area contributed by atoms with Crippen LogP contribution >= 0.6 is 15.9 Å². The third-order valence-corrected chi connectivity index (χ3v) is 4.14. The second-order valence-corrected chi connectivity index (χ2v) is 6.82. The van der Waals surface area contributed by atoms with Gasteiger partial charge in [0.2, 0.25) is 5.91 Å². The molecular formula is C20H25BrN2O3. The molecule has 0 bridgehead atoms. The quantitative estimate of drug-likeness (QED) is 0.597. The summed E-state index contributed by atoms with van der Waals surface area (Å²) in [6, 6.07) is 15.6. The van der Waals surface area contributed by atoms with Crippen molar-refractivity contribution in [3.05, 3.63) is 58.6 Å². The van der Waals surface area contributed by atoms with Crippen molar-refractivity contribution in [1.82, 2.24) is 10.2 Å². The van der Waals surface area contributed by atoms with E-state index in [9.17, 15) is 4.79 Å². The van der Waals surface area contributed by atoms with E-state index in [1.165, 1.54) is 5.56 Å². The fraction of sp³-hybridized carbons (Fsp3) is 0.350. The molecule has 0 aliphatic rings. The molecule has 2 rings (SSSR count). The molecule has 0 atom stereocenters. The summed E-state index contributed by atoms with van der Waals surface area (Å²) < 4.78 is 12.0. The first kappa shape index (κ1) is 20.3. The third kappa shape index (κ3) is 7.45. The fourth-order valence-electron chi connectivity index (χ4n) is 2.42. The van der Waals surface area contributed by atoms with Gasteiger partial charge in [0, 0.05) is 11.0 Å². The van der Waals surface area contributed by atoms with Crippen molar-refractivity contribution in [2.45, 2.75) is 13.5 Å². The van der Waals surface area contributed by atoms with Gasteiger partial charge in [0.15, 0.2) is 0 Å². The van der Waals surface area contributed by atoms with Crippen molar-refractivity contribution in [2.75, 3.05) is 33.4 Å². The molecule has 26 heavy (non-hydrogen) atoms. The number of nitrogens with one attached hydrogen (secondary N) is 1. The number of nitrogens with zero attached hydrogens (tertiary/aromatic N) is 1. The number of hydrogen-bond acceptors (Lipinski definition) is 4. The molecule has 6 heteroatoms. The highest BCUT2D eigenvalue weighted by molar-refractivity contribution is 9.10. The van der Waals surface area contributed by atoms with Crippen molar-refractivity contribution in [3.63, 3.8) is 0 Å². The van der Waals surface area contributed by atoms with Crippen LogP contribution in [0.15, 0.2) is 53.0 Å². The van der Waals surface area contributed by atoms with Crippen LogP contribution in [0.4, 0.5) is 0 Å². The van der Waals surface area contributed by atoms with E-state index in [-0.39, 0.29) is 5.91 Å². The summed E-state index contributed by atoms with van der Waals surface area (Å²) >= 11 is 3.42. The predicted molar refractivity (Wildman–Crippen MR) is 107 cm³/mol. The first-order valence-corrected chi connectivity index (χ1v) is 9.41. The summed E-state index contributed by atoms with van der Waals surface area (Å²) in [6.45, 7) is 4.56. The molecule has 2 aromatic rings. The van der Waals surface area contributed by atoms with E-state index >= 15 is 0 Å². The highest BCUT2D eigenvalue weighted by atomic mass is 79.9. The molecule has 0 aliphatic heterocycles. The first-order chi connectivity index (χ1) is 12.6. The standard InChI is InChI=1S/C20H25BrN2O3/c1-3-25-18-8-10-19(11-9-18)26-13-12-22-20(24)15-23(2)14-16-4-6-17(21)7-5-16/h4-11H,3,12-15H2,1-2H3,(H,22,24). The van der Waals surface area contributed by atoms with Gasteiger partial charge in [0.25, 0.3) is 0 Å². The minimum absolute atomic E-state index is 0.0140. The number of rotatable bonds is 10. The van der Waals surface area contributed by atoms with E-state index in [0.717, 1.165) is 22.5 Å². The van der Waals surface area contributed by atoms with E-state index in [0.29, 0.717) is 26.3 Å². The molecule has 0 radical (unpaired) electrons. The van der Waals surface area contributed by atoms with Crippen molar-refractivity contribution >= 4 is 21.8 Å². The Morgan fingerprint density at radius 1 is 1.04 bits per heavy atom. The van der Waals surface area contributed by atoms with Gasteiger partial charge < -0.3 is 14.8 Å². The molecule has 5 nitrogen and oxygen atoms in total. The number of benzene rings is 2. The van der Waals surface area contributed by atoms with Crippen LogP contribution in [0.2, 0.25) is 0 Å². The topological polar surface area (TPSA) is 50.8 Å². The lowest BCUT2D eigenvalue weighted by Crippen LogP contribution is -2.36. The lowest BCUT2D eigenvalue weighted by Gasteiger charge is -2.16. The van der Waals surface area contributed by atoms with E-state index in [4.69, 9.17) is 9.47 Å². The van der Waals surface area contributed by atoms with Crippen LogP contribution in [0.1, 0.15) is 12.5 Å². The molecule has 0 spiro atoms. The highest BCUT2D eigenvalue weighted by Crippen LogP contribution is 2.17. The van der Waals surface area contributed by atoms with Gasteiger partial charge in [0.1, 0.15) is 18.1 Å². The minimum atomic E-state index is -0.0140. The summed E-state index contributed by atoms with van der Waals surface area (Å²) in [5, 5.41) is 2.87.